The van der Waals surface area contributed by atoms with Crippen molar-refractivity contribution in [3.63, 3.8) is 0 Å². The van der Waals surface area contributed by atoms with E-state index >= 15 is 0 Å². The van der Waals surface area contributed by atoms with E-state index in [4.69, 9.17) is 0 Å². The van der Waals surface area contributed by atoms with Crippen LogP contribution in [-0.4, -0.2) is 28.9 Å². The molecule has 1 aromatic rings. The number of pyridine rings is 1. The zero-order valence-electron chi connectivity index (χ0n) is 10.1. The lowest BCUT2D eigenvalue weighted by Gasteiger charge is -2.20. The molecule has 4 heteroatoms. The number of carbonyl (C=O) groups is 1. The molecule has 0 bridgehead atoms. The predicted octanol–water partition coefficient (Wildman–Crippen LogP) is 1.64. The monoisotopic (exact) mass is 234 g/mol. The summed E-state index contributed by atoms with van der Waals surface area (Å²) in [6.07, 6.45) is 4.82. The van der Waals surface area contributed by atoms with Crippen molar-refractivity contribution in [2.24, 2.45) is 5.92 Å². The Morgan fingerprint density at radius 3 is 2.88 bits per heavy atom. The SMILES string of the molecule is CC1CCCN(C(=O)c2ccc(=O)[nH]c2)CC1. The van der Waals surface area contributed by atoms with Gasteiger partial charge in [0.15, 0.2) is 0 Å². The minimum Gasteiger partial charge on any atom is -0.339 e. The van der Waals surface area contributed by atoms with Crippen LogP contribution >= 0.6 is 0 Å². The molecule has 0 aromatic carbocycles. The number of amides is 1. The van der Waals surface area contributed by atoms with Crippen molar-refractivity contribution in [1.29, 1.82) is 0 Å². The summed E-state index contributed by atoms with van der Waals surface area (Å²) in [6.45, 7) is 3.87. The third kappa shape index (κ3) is 2.96. The third-order valence-electron chi connectivity index (χ3n) is 3.34. The number of nitrogens with zero attached hydrogens (tertiary/aromatic N) is 1. The fourth-order valence-electron chi connectivity index (χ4n) is 2.19. The molecule has 0 spiro atoms. The Labute approximate surface area is 101 Å². The number of likely N-dealkylation sites (tertiary alicyclic amines) is 1. The molecule has 1 unspecified atom stereocenters. The third-order valence-corrected chi connectivity index (χ3v) is 3.34. The summed E-state index contributed by atoms with van der Waals surface area (Å²) in [7, 11) is 0. The second kappa shape index (κ2) is 5.17. The van der Waals surface area contributed by atoms with Gasteiger partial charge < -0.3 is 9.88 Å². The summed E-state index contributed by atoms with van der Waals surface area (Å²) in [4.78, 5) is 27.5. The van der Waals surface area contributed by atoms with Gasteiger partial charge in [0.25, 0.3) is 5.91 Å². The molecule has 1 fully saturated rings. The molecular formula is C13H18N2O2. The van der Waals surface area contributed by atoms with Gasteiger partial charge in [-0.3, -0.25) is 9.59 Å². The largest absolute Gasteiger partial charge is 0.339 e. The molecule has 2 rings (SSSR count). The number of rotatable bonds is 1. The molecule has 1 saturated heterocycles. The van der Waals surface area contributed by atoms with E-state index in [0.717, 1.165) is 25.9 Å². The molecule has 1 aromatic heterocycles. The van der Waals surface area contributed by atoms with Gasteiger partial charge in [-0.1, -0.05) is 6.92 Å². The van der Waals surface area contributed by atoms with E-state index in [9.17, 15) is 9.59 Å². The lowest BCUT2D eigenvalue weighted by atomic mass is 10.0. The summed E-state index contributed by atoms with van der Waals surface area (Å²) in [5.74, 6) is 0.721. The zero-order chi connectivity index (χ0) is 12.3. The topological polar surface area (TPSA) is 53.2 Å². The van der Waals surface area contributed by atoms with Crippen LogP contribution in [0, 0.1) is 5.92 Å². The number of hydrogen-bond acceptors (Lipinski definition) is 2. The van der Waals surface area contributed by atoms with E-state index < -0.39 is 0 Å². The Hall–Kier alpha value is -1.58. The zero-order valence-corrected chi connectivity index (χ0v) is 10.1. The Morgan fingerprint density at radius 1 is 1.35 bits per heavy atom. The van der Waals surface area contributed by atoms with Gasteiger partial charge in [-0.05, 0) is 31.2 Å². The maximum absolute atomic E-state index is 12.2. The van der Waals surface area contributed by atoms with E-state index in [1.807, 2.05) is 4.90 Å². The van der Waals surface area contributed by atoms with Gasteiger partial charge in [0.05, 0.1) is 5.56 Å². The van der Waals surface area contributed by atoms with E-state index in [1.54, 1.807) is 6.07 Å². The van der Waals surface area contributed by atoms with E-state index in [2.05, 4.69) is 11.9 Å². The van der Waals surface area contributed by atoms with Gasteiger partial charge in [0, 0.05) is 25.4 Å². The maximum atomic E-state index is 12.2. The smallest absolute Gasteiger partial charge is 0.255 e. The second-order valence-electron chi connectivity index (χ2n) is 4.77. The van der Waals surface area contributed by atoms with Crippen LogP contribution in [0.5, 0.6) is 0 Å². The Balaban J connectivity index is 2.08. The number of aromatic nitrogens is 1. The first-order chi connectivity index (χ1) is 8.16. The lowest BCUT2D eigenvalue weighted by molar-refractivity contribution is 0.0760. The highest BCUT2D eigenvalue weighted by atomic mass is 16.2. The summed E-state index contributed by atoms with van der Waals surface area (Å²) >= 11 is 0. The van der Waals surface area contributed by atoms with Crippen molar-refractivity contribution < 1.29 is 4.79 Å². The van der Waals surface area contributed by atoms with Gasteiger partial charge in [-0.2, -0.15) is 0 Å². The molecule has 92 valence electrons. The van der Waals surface area contributed by atoms with E-state index in [1.165, 1.54) is 18.7 Å². The molecule has 0 aliphatic carbocycles. The molecule has 4 nitrogen and oxygen atoms in total. The summed E-state index contributed by atoms with van der Waals surface area (Å²) in [5.41, 5.74) is 0.394. The average Bonchev–Trinajstić information content (AvgIpc) is 2.54. The van der Waals surface area contributed by atoms with Gasteiger partial charge in [0.2, 0.25) is 5.56 Å². The first-order valence-electron chi connectivity index (χ1n) is 6.15. The molecule has 1 aliphatic heterocycles. The number of aromatic amines is 1. The van der Waals surface area contributed by atoms with E-state index in [0.29, 0.717) is 11.5 Å². The quantitative estimate of drug-likeness (QED) is 0.803. The molecular weight excluding hydrogens is 216 g/mol. The Morgan fingerprint density at radius 2 is 2.18 bits per heavy atom. The summed E-state index contributed by atoms with van der Waals surface area (Å²) < 4.78 is 0. The highest BCUT2D eigenvalue weighted by Crippen LogP contribution is 2.17. The van der Waals surface area contributed by atoms with Gasteiger partial charge in [-0.25, -0.2) is 0 Å². The number of H-pyrrole nitrogens is 1. The van der Waals surface area contributed by atoms with E-state index in [-0.39, 0.29) is 11.5 Å². The van der Waals surface area contributed by atoms with Crippen molar-refractivity contribution >= 4 is 5.91 Å². The molecule has 0 saturated carbocycles. The molecule has 2 heterocycles. The van der Waals surface area contributed by atoms with Crippen LogP contribution in [0.4, 0.5) is 0 Å². The average molecular weight is 234 g/mol. The molecule has 1 N–H and O–H groups in total. The highest BCUT2D eigenvalue weighted by Gasteiger charge is 2.19. The van der Waals surface area contributed by atoms with Crippen LogP contribution in [0.15, 0.2) is 23.1 Å². The Bertz CT molecular complexity index is 432. The van der Waals surface area contributed by atoms with Crippen molar-refractivity contribution in [1.82, 2.24) is 9.88 Å². The first kappa shape index (κ1) is 11.9. The number of nitrogens with one attached hydrogen (secondary N) is 1. The number of hydrogen-bond donors (Lipinski definition) is 1. The maximum Gasteiger partial charge on any atom is 0.255 e. The van der Waals surface area contributed by atoms with Crippen LogP contribution in [0.2, 0.25) is 0 Å². The first-order valence-corrected chi connectivity index (χ1v) is 6.15. The van der Waals surface area contributed by atoms with Crippen LogP contribution in [-0.2, 0) is 0 Å². The fourth-order valence-corrected chi connectivity index (χ4v) is 2.19. The van der Waals surface area contributed by atoms with Crippen LogP contribution in [0.1, 0.15) is 36.5 Å². The minimum absolute atomic E-state index is 0.0235. The van der Waals surface area contributed by atoms with Crippen molar-refractivity contribution in [2.75, 3.05) is 13.1 Å². The molecule has 17 heavy (non-hydrogen) atoms. The Kier molecular flexibility index (Phi) is 3.61. The molecule has 1 aliphatic rings. The normalized spacial score (nSPS) is 21.0. The van der Waals surface area contributed by atoms with Crippen LogP contribution < -0.4 is 5.56 Å². The summed E-state index contributed by atoms with van der Waals surface area (Å²) in [6, 6.07) is 2.99. The predicted molar refractivity (Wildman–Crippen MR) is 66.0 cm³/mol. The van der Waals surface area contributed by atoms with Crippen LogP contribution in [0.25, 0.3) is 0 Å². The van der Waals surface area contributed by atoms with Crippen molar-refractivity contribution in [3.8, 4) is 0 Å². The minimum atomic E-state index is -0.175. The fraction of sp³-hybridized carbons (Fsp3) is 0.538. The van der Waals surface area contributed by atoms with Gasteiger partial charge >= 0.3 is 0 Å². The lowest BCUT2D eigenvalue weighted by Crippen LogP contribution is -2.32. The molecule has 1 atom stereocenters. The number of carbonyl (C=O) groups excluding carboxylic acids is 1. The van der Waals surface area contributed by atoms with Crippen molar-refractivity contribution in [3.05, 3.63) is 34.2 Å². The standard InChI is InChI=1S/C13H18N2O2/c1-10-3-2-7-15(8-6-10)13(17)11-4-5-12(16)14-9-11/h4-5,9-10H,2-3,6-8H2,1H3,(H,14,16). The van der Waals surface area contributed by atoms with Crippen LogP contribution in [0.3, 0.4) is 0 Å². The highest BCUT2D eigenvalue weighted by molar-refractivity contribution is 5.93. The van der Waals surface area contributed by atoms with Gasteiger partial charge in [0.1, 0.15) is 0 Å². The van der Waals surface area contributed by atoms with Gasteiger partial charge in [-0.15, -0.1) is 0 Å². The van der Waals surface area contributed by atoms with Crippen molar-refractivity contribution in [2.45, 2.75) is 26.2 Å². The molecule has 1 amide bonds. The molecule has 0 radical (unpaired) electrons. The summed E-state index contributed by atoms with van der Waals surface area (Å²) in [5, 5.41) is 0. The second-order valence-corrected chi connectivity index (χ2v) is 4.77.